The Hall–Kier alpha value is -3.21. The van der Waals surface area contributed by atoms with Gasteiger partial charge in [0.1, 0.15) is 11.6 Å². The van der Waals surface area contributed by atoms with E-state index in [0.29, 0.717) is 23.3 Å². The molecule has 8 heteroatoms. The first kappa shape index (κ1) is 22.0. The van der Waals surface area contributed by atoms with Crippen molar-refractivity contribution in [2.45, 2.75) is 37.6 Å². The Labute approximate surface area is 194 Å². The van der Waals surface area contributed by atoms with E-state index < -0.39 is 0 Å². The maximum atomic E-state index is 9.15. The zero-order valence-corrected chi connectivity index (χ0v) is 18.5. The number of nitrogens with zero attached hydrogens (tertiary/aromatic N) is 4. The molecule has 1 saturated carbocycles. The molecule has 7 nitrogen and oxygen atoms in total. The number of piperidine rings is 1. The van der Waals surface area contributed by atoms with Crippen LogP contribution in [0.2, 0.25) is 0 Å². The molecule has 0 atom stereocenters. The number of aromatic nitrogens is 3. The van der Waals surface area contributed by atoms with Gasteiger partial charge >= 0.3 is 0 Å². The van der Waals surface area contributed by atoms with E-state index in [9.17, 15) is 0 Å². The summed E-state index contributed by atoms with van der Waals surface area (Å²) in [7, 11) is 0. The predicted molar refractivity (Wildman–Crippen MR) is 128 cm³/mol. The number of pyridine rings is 3. The van der Waals surface area contributed by atoms with Crippen LogP contribution in [0.1, 0.15) is 42.7 Å². The number of rotatable bonds is 6. The molecular weight excluding hydrogens is 422 g/mol. The third kappa shape index (κ3) is 5.34. The molecule has 3 aromatic rings. The maximum absolute atomic E-state index is 9.15. The molecule has 0 aromatic carbocycles. The lowest BCUT2D eigenvalue weighted by Crippen LogP contribution is -2.35. The van der Waals surface area contributed by atoms with E-state index in [4.69, 9.17) is 10.2 Å². The molecule has 1 saturated heterocycles. The van der Waals surface area contributed by atoms with Crippen LogP contribution in [0.3, 0.4) is 0 Å². The van der Waals surface area contributed by atoms with Crippen LogP contribution in [0, 0.1) is 11.3 Å². The van der Waals surface area contributed by atoms with E-state index in [1.165, 1.54) is 18.4 Å². The summed E-state index contributed by atoms with van der Waals surface area (Å²) in [5, 5.41) is 19.4. The van der Waals surface area contributed by atoms with Crippen LogP contribution < -0.4 is 16.0 Å². The van der Waals surface area contributed by atoms with Gasteiger partial charge in [-0.25, -0.2) is 9.97 Å². The monoisotopic (exact) mass is 447 g/mol. The van der Waals surface area contributed by atoms with Crippen LogP contribution >= 0.6 is 12.4 Å². The van der Waals surface area contributed by atoms with Crippen molar-refractivity contribution in [1.29, 1.82) is 5.26 Å². The van der Waals surface area contributed by atoms with Gasteiger partial charge < -0.3 is 16.0 Å². The Morgan fingerprint density at radius 2 is 1.84 bits per heavy atom. The lowest BCUT2D eigenvalue weighted by molar-refractivity contribution is 0.479. The van der Waals surface area contributed by atoms with Crippen molar-refractivity contribution in [3.05, 3.63) is 60.0 Å². The van der Waals surface area contributed by atoms with Crippen LogP contribution in [-0.4, -0.2) is 34.1 Å². The number of hydrogen-bond donors (Lipinski definition) is 3. The molecule has 3 aromatic heterocycles. The van der Waals surface area contributed by atoms with E-state index in [1.807, 2.05) is 12.4 Å². The Kier molecular flexibility index (Phi) is 6.84. The van der Waals surface area contributed by atoms with Crippen molar-refractivity contribution in [2.24, 2.45) is 0 Å². The first-order valence-electron chi connectivity index (χ1n) is 10.8. The summed E-state index contributed by atoms with van der Waals surface area (Å²) in [4.78, 5) is 13.6. The van der Waals surface area contributed by atoms with Gasteiger partial charge in [-0.1, -0.05) is 0 Å². The summed E-state index contributed by atoms with van der Waals surface area (Å²) < 4.78 is 0. The molecule has 4 heterocycles. The summed E-state index contributed by atoms with van der Waals surface area (Å²) >= 11 is 0. The second-order valence-corrected chi connectivity index (χ2v) is 8.24. The van der Waals surface area contributed by atoms with Crippen molar-refractivity contribution in [2.75, 3.05) is 23.7 Å². The van der Waals surface area contributed by atoms with Gasteiger partial charge in [0, 0.05) is 30.2 Å². The van der Waals surface area contributed by atoms with Crippen molar-refractivity contribution < 1.29 is 0 Å². The minimum absolute atomic E-state index is 0. The molecule has 1 aliphatic heterocycles. The Morgan fingerprint density at radius 3 is 2.62 bits per heavy atom. The fourth-order valence-corrected chi connectivity index (χ4v) is 3.98. The fraction of sp³-hybridized carbons (Fsp3) is 0.333. The van der Waals surface area contributed by atoms with Gasteiger partial charge in [0.25, 0.3) is 0 Å². The number of halogens is 1. The van der Waals surface area contributed by atoms with Crippen molar-refractivity contribution in [3.63, 3.8) is 0 Å². The van der Waals surface area contributed by atoms with Crippen LogP contribution in [0.25, 0.3) is 11.3 Å². The highest BCUT2D eigenvalue weighted by molar-refractivity contribution is 5.85. The van der Waals surface area contributed by atoms with E-state index in [-0.39, 0.29) is 12.4 Å². The summed E-state index contributed by atoms with van der Waals surface area (Å²) in [6, 6.07) is 12.4. The number of nitrogens with one attached hydrogen (secondary N) is 3. The zero-order valence-electron chi connectivity index (χ0n) is 17.7. The van der Waals surface area contributed by atoms with E-state index in [2.05, 4.69) is 50.2 Å². The molecule has 2 aliphatic rings. The Morgan fingerprint density at radius 1 is 1.00 bits per heavy atom. The van der Waals surface area contributed by atoms with E-state index >= 15 is 0 Å². The van der Waals surface area contributed by atoms with Gasteiger partial charge in [-0.15, -0.1) is 12.4 Å². The molecule has 2 fully saturated rings. The Bertz CT molecular complexity index is 1120. The van der Waals surface area contributed by atoms with Crippen LogP contribution in [-0.2, 0) is 0 Å². The lowest BCUT2D eigenvalue weighted by atomic mass is 10.1. The highest BCUT2D eigenvalue weighted by Crippen LogP contribution is 2.42. The van der Waals surface area contributed by atoms with Crippen molar-refractivity contribution >= 4 is 29.7 Å². The Balaban J connectivity index is 0.00000245. The van der Waals surface area contributed by atoms with Crippen molar-refractivity contribution in [3.8, 4) is 17.3 Å². The van der Waals surface area contributed by atoms with Gasteiger partial charge in [-0.2, -0.15) is 5.26 Å². The predicted octanol–water partition coefficient (Wildman–Crippen LogP) is 4.62. The highest BCUT2D eigenvalue weighted by Gasteiger charge is 2.25. The van der Waals surface area contributed by atoms with Gasteiger partial charge in [0.05, 0.1) is 23.0 Å². The fourth-order valence-electron chi connectivity index (χ4n) is 3.98. The molecule has 164 valence electrons. The minimum Gasteiger partial charge on any atom is -0.381 e. The normalized spacial score (nSPS) is 16.0. The van der Waals surface area contributed by atoms with E-state index in [1.54, 1.807) is 18.3 Å². The third-order valence-corrected chi connectivity index (χ3v) is 5.79. The van der Waals surface area contributed by atoms with Gasteiger partial charge in [-0.3, -0.25) is 4.98 Å². The second kappa shape index (κ2) is 9.94. The number of nitriles is 1. The van der Waals surface area contributed by atoms with Gasteiger partial charge in [-0.05, 0) is 80.6 Å². The average Bonchev–Trinajstić information content (AvgIpc) is 3.66. The molecule has 0 amide bonds. The molecule has 32 heavy (non-hydrogen) atoms. The zero-order chi connectivity index (χ0) is 21.0. The van der Waals surface area contributed by atoms with Crippen LogP contribution in [0.4, 0.5) is 17.3 Å². The summed E-state index contributed by atoms with van der Waals surface area (Å²) in [6.45, 7) is 2.09. The third-order valence-electron chi connectivity index (χ3n) is 5.79. The molecule has 1 aliphatic carbocycles. The molecule has 0 spiro atoms. The first-order valence-corrected chi connectivity index (χ1v) is 10.8. The maximum Gasteiger partial charge on any atom is 0.132 e. The average molecular weight is 448 g/mol. The topological polar surface area (TPSA) is 98.5 Å². The number of anilines is 3. The summed E-state index contributed by atoms with van der Waals surface area (Å²) in [5.74, 6) is 1.94. The SMILES string of the molecule is Cl.N#Cc1ccnc(Nc2cc(C3CC3)cc(-c3cncc(NC4CCNCC4)c3)n2)c1. The largest absolute Gasteiger partial charge is 0.381 e. The second-order valence-electron chi connectivity index (χ2n) is 8.24. The highest BCUT2D eigenvalue weighted by atomic mass is 35.5. The molecule has 5 rings (SSSR count). The molecule has 3 N–H and O–H groups in total. The quantitative estimate of drug-likeness (QED) is 0.507. The number of hydrogen-bond acceptors (Lipinski definition) is 7. The molecule has 0 bridgehead atoms. The standard InChI is InChI=1S/C24H25N7.ClH/c25-13-16-3-8-28-23(9-16)31-24-12-18(17-1-2-17)11-22(30-24)19-10-21(15-27-14-19)29-20-4-6-26-7-5-20;/h3,8-12,14-15,17,20,26,29H,1-2,4-7H2,(H,28,30,31);1H. The van der Waals surface area contributed by atoms with Crippen molar-refractivity contribution in [1.82, 2.24) is 20.3 Å². The van der Waals surface area contributed by atoms with Crippen LogP contribution in [0.5, 0.6) is 0 Å². The van der Waals surface area contributed by atoms with E-state index in [0.717, 1.165) is 48.7 Å². The molecule has 0 unspecified atom stereocenters. The summed E-state index contributed by atoms with van der Waals surface area (Å²) in [6.07, 6.45) is 10.0. The molecule has 0 radical (unpaired) electrons. The molecular formula is C24H26ClN7. The first-order chi connectivity index (χ1) is 15.3. The smallest absolute Gasteiger partial charge is 0.132 e. The van der Waals surface area contributed by atoms with Gasteiger partial charge in [0.2, 0.25) is 0 Å². The minimum atomic E-state index is 0. The summed E-state index contributed by atoms with van der Waals surface area (Å²) in [5.41, 5.74) is 4.76. The van der Waals surface area contributed by atoms with Gasteiger partial charge in [0.15, 0.2) is 0 Å². The van der Waals surface area contributed by atoms with Crippen LogP contribution in [0.15, 0.2) is 48.9 Å². The lowest BCUT2D eigenvalue weighted by Gasteiger charge is -2.24.